The molecular formula is C35H56O4. The molecule has 0 saturated heterocycles. The molecule has 5 aliphatic carbocycles. The van der Waals surface area contributed by atoms with Crippen LogP contribution in [0.3, 0.4) is 0 Å². The zero-order valence-electron chi connectivity index (χ0n) is 25.5. The van der Waals surface area contributed by atoms with Crippen LogP contribution in [0, 0.1) is 40.4 Å². The summed E-state index contributed by atoms with van der Waals surface area (Å²) in [5, 5.41) is 10.7. The molecule has 0 aromatic carbocycles. The van der Waals surface area contributed by atoms with E-state index in [0.29, 0.717) is 24.4 Å². The van der Waals surface area contributed by atoms with E-state index in [1.54, 1.807) is 0 Å². The van der Waals surface area contributed by atoms with Gasteiger partial charge in [-0.1, -0.05) is 50.7 Å². The fourth-order valence-corrected chi connectivity index (χ4v) is 9.99. The summed E-state index contributed by atoms with van der Waals surface area (Å²) in [5.41, 5.74) is 1.34. The topological polar surface area (TPSA) is 47.9 Å². The Morgan fingerprint density at radius 1 is 0.897 bits per heavy atom. The lowest BCUT2D eigenvalue weighted by atomic mass is 9.46. The monoisotopic (exact) mass is 540 g/mol. The number of hydrogen-bond acceptors (Lipinski definition) is 4. The van der Waals surface area contributed by atoms with Gasteiger partial charge in [0.05, 0.1) is 12.7 Å². The molecule has 0 radical (unpaired) electrons. The van der Waals surface area contributed by atoms with E-state index in [9.17, 15) is 5.11 Å². The van der Waals surface area contributed by atoms with Crippen LogP contribution < -0.4 is 0 Å². The van der Waals surface area contributed by atoms with Crippen molar-refractivity contribution in [2.75, 3.05) is 19.8 Å². The van der Waals surface area contributed by atoms with Gasteiger partial charge >= 0.3 is 0 Å². The molecule has 1 N–H and O–H groups in total. The van der Waals surface area contributed by atoms with Gasteiger partial charge in [-0.3, -0.25) is 0 Å². The molecule has 220 valence electrons. The quantitative estimate of drug-likeness (QED) is 0.132. The average Bonchev–Trinajstić information content (AvgIpc) is 3.23. The Kier molecular flexibility index (Phi) is 9.24. The van der Waals surface area contributed by atoms with Crippen LogP contribution in [0.15, 0.2) is 11.6 Å². The van der Waals surface area contributed by atoms with Crippen molar-refractivity contribution < 1.29 is 19.3 Å². The van der Waals surface area contributed by atoms with Crippen LogP contribution in [-0.4, -0.2) is 42.4 Å². The number of fused-ring (bicyclic) bond motifs is 5. The SMILES string of the molecule is CC#CC1(OCCCCC)CC[C@H]2[C@@H]3CCC4=CC(O)CC[C@]4(COC4(OCC)CCCCC4)[C@@H]3CC[C@@]21C. The van der Waals surface area contributed by atoms with Crippen molar-refractivity contribution in [3.8, 4) is 11.8 Å². The van der Waals surface area contributed by atoms with E-state index >= 15 is 0 Å². The van der Waals surface area contributed by atoms with E-state index in [4.69, 9.17) is 14.2 Å². The molecule has 7 atom stereocenters. The lowest BCUT2D eigenvalue weighted by Gasteiger charge is -2.60. The lowest BCUT2D eigenvalue weighted by molar-refractivity contribution is -0.268. The van der Waals surface area contributed by atoms with E-state index in [2.05, 4.69) is 38.7 Å². The minimum Gasteiger partial charge on any atom is -0.389 e. The predicted molar refractivity (Wildman–Crippen MR) is 157 cm³/mol. The van der Waals surface area contributed by atoms with Crippen LogP contribution in [-0.2, 0) is 14.2 Å². The summed E-state index contributed by atoms with van der Waals surface area (Å²) in [6.45, 7) is 11.2. The van der Waals surface area contributed by atoms with Crippen molar-refractivity contribution in [1.29, 1.82) is 0 Å². The summed E-state index contributed by atoms with van der Waals surface area (Å²) in [7, 11) is 0. The third-order valence-electron chi connectivity index (χ3n) is 12.0. The average molecular weight is 541 g/mol. The summed E-state index contributed by atoms with van der Waals surface area (Å²) in [6, 6.07) is 0. The van der Waals surface area contributed by atoms with Gasteiger partial charge in [0.1, 0.15) is 5.60 Å². The van der Waals surface area contributed by atoms with Crippen LogP contribution in [0.25, 0.3) is 0 Å². The summed E-state index contributed by atoms with van der Waals surface area (Å²) in [6.07, 6.45) is 20.1. The molecule has 0 amide bonds. The minimum atomic E-state index is -0.412. The molecule has 0 aromatic heterocycles. The second-order valence-electron chi connectivity index (χ2n) is 13.8. The number of aliphatic hydroxyl groups excluding tert-OH is 1. The van der Waals surface area contributed by atoms with Crippen molar-refractivity contribution in [3.63, 3.8) is 0 Å². The highest BCUT2D eigenvalue weighted by Gasteiger charge is 2.65. The van der Waals surface area contributed by atoms with Crippen LogP contribution in [0.2, 0.25) is 0 Å². The van der Waals surface area contributed by atoms with Crippen LogP contribution in [0.5, 0.6) is 0 Å². The highest BCUT2D eigenvalue weighted by molar-refractivity contribution is 5.30. The molecule has 5 aliphatic rings. The van der Waals surface area contributed by atoms with Gasteiger partial charge in [0.2, 0.25) is 0 Å². The first kappa shape index (κ1) is 29.6. The zero-order chi connectivity index (χ0) is 27.6. The Hall–Kier alpha value is -0.860. The second kappa shape index (κ2) is 12.2. The third kappa shape index (κ3) is 5.29. The first-order valence-corrected chi connectivity index (χ1v) is 16.6. The van der Waals surface area contributed by atoms with Gasteiger partial charge in [0, 0.05) is 36.9 Å². The molecule has 0 spiro atoms. The first-order valence-electron chi connectivity index (χ1n) is 16.6. The number of aliphatic hydroxyl groups is 1. The first-order chi connectivity index (χ1) is 18.9. The molecule has 0 aliphatic heterocycles. The molecule has 4 nitrogen and oxygen atoms in total. The Labute approximate surface area is 239 Å². The molecule has 4 saturated carbocycles. The zero-order valence-corrected chi connectivity index (χ0v) is 25.5. The highest BCUT2D eigenvalue weighted by Crippen LogP contribution is 2.68. The largest absolute Gasteiger partial charge is 0.389 e. The molecule has 4 heteroatoms. The van der Waals surface area contributed by atoms with E-state index in [1.165, 1.54) is 63.4 Å². The molecular weight excluding hydrogens is 484 g/mol. The van der Waals surface area contributed by atoms with Gasteiger partial charge in [-0.15, -0.1) is 5.92 Å². The molecule has 39 heavy (non-hydrogen) atoms. The minimum absolute atomic E-state index is 0.0364. The Bertz CT molecular complexity index is 919. The summed E-state index contributed by atoms with van der Waals surface area (Å²) < 4.78 is 20.2. The van der Waals surface area contributed by atoms with Gasteiger partial charge in [0.15, 0.2) is 5.79 Å². The van der Waals surface area contributed by atoms with Gasteiger partial charge in [-0.05, 0) is 102 Å². The van der Waals surface area contributed by atoms with E-state index in [-0.39, 0.29) is 22.5 Å². The standard InChI is InChI=1S/C35H56O4/c1-5-8-12-24-38-34(18-6-2)23-17-30-29-14-13-27-25-28(36)15-22-33(27,31(29)16-21-32(30,34)4)26-39-35(37-7-3)19-10-9-11-20-35/h25,28-31,36H,5,7-17,19-24,26H2,1-4H3/t28?,29-,30-,31+,32-,33+,34?/m0/s1. The van der Waals surface area contributed by atoms with E-state index < -0.39 is 5.79 Å². The normalized spacial score (nSPS) is 41.0. The molecule has 0 bridgehead atoms. The third-order valence-corrected chi connectivity index (χ3v) is 12.0. The van der Waals surface area contributed by atoms with Gasteiger partial charge in [0.25, 0.3) is 0 Å². The Morgan fingerprint density at radius 3 is 2.44 bits per heavy atom. The molecule has 0 aromatic rings. The maximum atomic E-state index is 10.7. The lowest BCUT2D eigenvalue weighted by Crippen LogP contribution is -2.57. The maximum absolute atomic E-state index is 10.7. The molecule has 5 rings (SSSR count). The van der Waals surface area contributed by atoms with Crippen molar-refractivity contribution in [3.05, 3.63) is 11.6 Å². The van der Waals surface area contributed by atoms with Crippen molar-refractivity contribution in [2.45, 2.75) is 148 Å². The summed E-state index contributed by atoms with van der Waals surface area (Å²) in [5.74, 6) is 8.49. The van der Waals surface area contributed by atoms with Crippen LogP contribution in [0.1, 0.15) is 130 Å². The second-order valence-corrected chi connectivity index (χ2v) is 13.8. The fourth-order valence-electron chi connectivity index (χ4n) is 9.99. The number of ether oxygens (including phenoxy) is 3. The van der Waals surface area contributed by atoms with Crippen LogP contribution in [0.4, 0.5) is 0 Å². The van der Waals surface area contributed by atoms with Gasteiger partial charge in [-0.2, -0.15) is 0 Å². The van der Waals surface area contributed by atoms with Gasteiger partial charge in [-0.25, -0.2) is 0 Å². The number of unbranched alkanes of at least 4 members (excludes halogenated alkanes) is 2. The van der Waals surface area contributed by atoms with Crippen molar-refractivity contribution in [2.24, 2.45) is 28.6 Å². The Morgan fingerprint density at radius 2 is 1.69 bits per heavy atom. The molecule has 2 unspecified atom stereocenters. The van der Waals surface area contributed by atoms with Crippen molar-refractivity contribution in [1.82, 2.24) is 0 Å². The number of hydrogen-bond donors (Lipinski definition) is 1. The smallest absolute Gasteiger partial charge is 0.168 e. The Balaban J connectivity index is 1.42. The van der Waals surface area contributed by atoms with Gasteiger partial charge < -0.3 is 19.3 Å². The van der Waals surface area contributed by atoms with E-state index in [1.807, 2.05) is 6.92 Å². The van der Waals surface area contributed by atoms with Crippen LogP contribution >= 0.6 is 0 Å². The van der Waals surface area contributed by atoms with E-state index in [0.717, 1.165) is 58.2 Å². The highest BCUT2D eigenvalue weighted by atomic mass is 16.7. The summed E-state index contributed by atoms with van der Waals surface area (Å²) >= 11 is 0. The molecule has 0 heterocycles. The number of rotatable bonds is 10. The van der Waals surface area contributed by atoms with Crippen molar-refractivity contribution >= 4 is 0 Å². The maximum Gasteiger partial charge on any atom is 0.168 e. The fraction of sp³-hybridized carbons (Fsp3) is 0.886. The predicted octanol–water partition coefficient (Wildman–Crippen LogP) is 7.97. The molecule has 4 fully saturated rings. The summed E-state index contributed by atoms with van der Waals surface area (Å²) in [4.78, 5) is 0.